The molecule has 0 aliphatic rings. The van der Waals surface area contributed by atoms with Crippen LogP contribution < -0.4 is 15.4 Å². The van der Waals surface area contributed by atoms with Crippen molar-refractivity contribution in [1.82, 2.24) is 0 Å². The second-order valence-electron chi connectivity index (χ2n) is 7.24. The normalized spacial score (nSPS) is 11.4. The average Bonchev–Trinajstić information content (AvgIpc) is 2.83. The number of carbonyl (C=O) groups excluding carboxylic acids is 2. The fourth-order valence-corrected chi connectivity index (χ4v) is 3.25. The first-order valence-corrected chi connectivity index (χ1v) is 10.9. The van der Waals surface area contributed by atoms with E-state index in [2.05, 4.69) is 10.6 Å². The van der Waals surface area contributed by atoms with Crippen molar-refractivity contribution in [2.24, 2.45) is 0 Å². The van der Waals surface area contributed by atoms with Gasteiger partial charge < -0.3 is 15.4 Å². The number of ether oxygens (including phenoxy) is 1. The molecule has 0 aliphatic carbocycles. The molecule has 0 saturated heterocycles. The summed E-state index contributed by atoms with van der Waals surface area (Å²) in [5, 5.41) is 14.9. The highest BCUT2D eigenvalue weighted by Crippen LogP contribution is 2.31. The van der Waals surface area contributed by atoms with Gasteiger partial charge in [0.1, 0.15) is 17.4 Å². The van der Waals surface area contributed by atoms with Crippen molar-refractivity contribution < 1.29 is 27.5 Å². The van der Waals surface area contributed by atoms with Gasteiger partial charge in [0, 0.05) is 16.4 Å². The molecule has 0 heterocycles. The van der Waals surface area contributed by atoms with Crippen molar-refractivity contribution in [3.05, 3.63) is 93.5 Å². The van der Waals surface area contributed by atoms with E-state index in [-0.39, 0.29) is 28.6 Å². The Kier molecular flexibility index (Phi) is 8.59. The van der Waals surface area contributed by atoms with E-state index in [1.807, 2.05) is 0 Å². The smallest absolute Gasteiger partial charge is 0.416 e. The van der Waals surface area contributed by atoms with Crippen LogP contribution in [0.5, 0.6) is 5.75 Å². The van der Waals surface area contributed by atoms with E-state index >= 15 is 0 Å². The number of nitrogens with one attached hydrogen (secondary N) is 2. The number of anilines is 2. The number of hydrogen-bond donors (Lipinski definition) is 2. The second kappa shape index (κ2) is 11.6. The molecule has 0 fully saturated rings. The molecule has 11 heteroatoms. The van der Waals surface area contributed by atoms with Gasteiger partial charge in [0.2, 0.25) is 0 Å². The van der Waals surface area contributed by atoms with Crippen molar-refractivity contribution >= 4 is 52.5 Å². The Balaban J connectivity index is 1.64. The Labute approximate surface area is 213 Å². The van der Waals surface area contributed by atoms with Crippen LogP contribution in [0.3, 0.4) is 0 Å². The van der Waals surface area contributed by atoms with Gasteiger partial charge in [0.05, 0.1) is 10.6 Å². The van der Waals surface area contributed by atoms with E-state index in [1.165, 1.54) is 30.3 Å². The lowest BCUT2D eigenvalue weighted by molar-refractivity contribution is -0.137. The Morgan fingerprint density at radius 3 is 2.33 bits per heavy atom. The van der Waals surface area contributed by atoms with Gasteiger partial charge in [0.25, 0.3) is 11.8 Å². The largest absolute Gasteiger partial charge is 0.482 e. The third-order valence-electron chi connectivity index (χ3n) is 4.57. The zero-order valence-corrected chi connectivity index (χ0v) is 19.7. The predicted molar refractivity (Wildman–Crippen MR) is 131 cm³/mol. The third kappa shape index (κ3) is 7.50. The Bertz CT molecular complexity index is 1350. The van der Waals surface area contributed by atoms with Gasteiger partial charge in [-0.05, 0) is 66.2 Å². The highest BCUT2D eigenvalue weighted by Gasteiger charge is 2.30. The molecule has 3 aromatic carbocycles. The molecular formula is C25H16Cl2F3N3O3. The van der Waals surface area contributed by atoms with E-state index in [0.717, 1.165) is 18.2 Å². The number of benzene rings is 3. The Morgan fingerprint density at radius 1 is 0.972 bits per heavy atom. The van der Waals surface area contributed by atoms with Crippen LogP contribution in [0.25, 0.3) is 6.08 Å². The molecule has 0 aliphatic heterocycles. The first-order valence-electron chi connectivity index (χ1n) is 10.1. The molecular weight excluding hydrogens is 518 g/mol. The molecule has 0 aromatic heterocycles. The maximum atomic E-state index is 12.9. The zero-order valence-electron chi connectivity index (χ0n) is 18.2. The minimum atomic E-state index is -4.58. The molecule has 0 radical (unpaired) electrons. The monoisotopic (exact) mass is 533 g/mol. The van der Waals surface area contributed by atoms with Crippen molar-refractivity contribution in [3.63, 3.8) is 0 Å². The van der Waals surface area contributed by atoms with Gasteiger partial charge in [-0.15, -0.1) is 0 Å². The first-order chi connectivity index (χ1) is 17.0. The average molecular weight is 534 g/mol. The van der Waals surface area contributed by atoms with Crippen molar-refractivity contribution in [2.75, 3.05) is 17.2 Å². The van der Waals surface area contributed by atoms with E-state index < -0.39 is 23.6 Å². The number of nitriles is 1. The molecule has 3 aromatic rings. The molecule has 2 amide bonds. The minimum Gasteiger partial charge on any atom is -0.482 e. The summed E-state index contributed by atoms with van der Waals surface area (Å²) in [6.45, 7) is -0.333. The van der Waals surface area contributed by atoms with E-state index in [1.54, 1.807) is 30.3 Å². The van der Waals surface area contributed by atoms with Crippen LogP contribution in [-0.4, -0.2) is 18.4 Å². The number of halogens is 5. The summed E-state index contributed by atoms with van der Waals surface area (Å²) in [6.07, 6.45) is -3.36. The molecule has 36 heavy (non-hydrogen) atoms. The Hall–Kier alpha value is -4.00. The summed E-state index contributed by atoms with van der Waals surface area (Å²) in [6, 6.07) is 16.6. The topological polar surface area (TPSA) is 91.2 Å². The number of nitrogens with zero attached hydrogens (tertiary/aromatic N) is 1. The molecule has 2 N–H and O–H groups in total. The molecule has 0 saturated carbocycles. The third-order valence-corrected chi connectivity index (χ3v) is 5.11. The molecule has 3 rings (SSSR count). The maximum Gasteiger partial charge on any atom is 0.416 e. The molecule has 0 atom stereocenters. The molecule has 0 spiro atoms. The van der Waals surface area contributed by atoms with Gasteiger partial charge in [-0.25, -0.2) is 0 Å². The van der Waals surface area contributed by atoms with E-state index in [0.29, 0.717) is 16.3 Å². The number of hydrogen-bond acceptors (Lipinski definition) is 4. The lowest BCUT2D eigenvalue weighted by Gasteiger charge is -2.10. The number of alkyl halides is 3. The molecule has 0 unspecified atom stereocenters. The van der Waals surface area contributed by atoms with Crippen LogP contribution in [0.1, 0.15) is 11.1 Å². The standard InChI is InChI=1S/C25H16Cl2F3N3O3/c26-18-5-7-19(8-6-18)32-23(34)14-36-22-9-4-15(11-21(22)27)10-16(13-31)24(35)33-20-3-1-2-17(12-20)25(28,29)30/h1-12H,14H2,(H,32,34)(H,33,35)/b16-10+. The second-order valence-corrected chi connectivity index (χ2v) is 8.08. The summed E-state index contributed by atoms with van der Waals surface area (Å²) < 4.78 is 44.0. The fourth-order valence-electron chi connectivity index (χ4n) is 2.88. The van der Waals surface area contributed by atoms with E-state index in [9.17, 15) is 28.0 Å². The Morgan fingerprint density at radius 2 is 1.69 bits per heavy atom. The first kappa shape index (κ1) is 26.6. The van der Waals surface area contributed by atoms with Crippen molar-refractivity contribution in [3.8, 4) is 11.8 Å². The van der Waals surface area contributed by atoms with Crippen LogP contribution in [-0.2, 0) is 15.8 Å². The summed E-state index contributed by atoms with van der Waals surface area (Å²) in [4.78, 5) is 24.5. The zero-order chi connectivity index (χ0) is 26.3. The number of rotatable bonds is 7. The molecule has 184 valence electrons. The maximum absolute atomic E-state index is 12.9. The lowest BCUT2D eigenvalue weighted by atomic mass is 10.1. The molecule has 0 bridgehead atoms. The van der Waals surface area contributed by atoms with Gasteiger partial charge >= 0.3 is 6.18 Å². The summed E-state index contributed by atoms with van der Waals surface area (Å²) in [5.74, 6) is -1.14. The SMILES string of the molecule is N#C/C(=C\c1ccc(OCC(=O)Nc2ccc(Cl)cc2)c(Cl)c1)C(=O)Nc1cccc(C(F)(F)F)c1. The summed E-state index contributed by atoms with van der Waals surface area (Å²) in [7, 11) is 0. The van der Waals surface area contributed by atoms with Crippen LogP contribution in [0.4, 0.5) is 24.5 Å². The summed E-state index contributed by atoms with van der Waals surface area (Å²) in [5.41, 5.74) is -0.526. The predicted octanol–water partition coefficient (Wildman–Crippen LogP) is 6.58. The van der Waals surface area contributed by atoms with Crippen LogP contribution in [0, 0.1) is 11.3 Å². The van der Waals surface area contributed by atoms with Gasteiger partial charge in [-0.2, -0.15) is 18.4 Å². The number of carbonyl (C=O) groups is 2. The quantitative estimate of drug-likeness (QED) is 0.265. The lowest BCUT2D eigenvalue weighted by Crippen LogP contribution is -2.20. The van der Waals surface area contributed by atoms with Gasteiger partial charge in [0.15, 0.2) is 6.61 Å². The van der Waals surface area contributed by atoms with Gasteiger partial charge in [-0.3, -0.25) is 9.59 Å². The highest BCUT2D eigenvalue weighted by atomic mass is 35.5. The highest BCUT2D eigenvalue weighted by molar-refractivity contribution is 6.32. The fraction of sp³-hybridized carbons (Fsp3) is 0.0800. The van der Waals surface area contributed by atoms with Crippen molar-refractivity contribution in [2.45, 2.75) is 6.18 Å². The molecule has 6 nitrogen and oxygen atoms in total. The van der Waals surface area contributed by atoms with Crippen LogP contribution in [0.15, 0.2) is 72.3 Å². The van der Waals surface area contributed by atoms with Crippen LogP contribution in [0.2, 0.25) is 10.0 Å². The van der Waals surface area contributed by atoms with Crippen molar-refractivity contribution in [1.29, 1.82) is 5.26 Å². The van der Waals surface area contributed by atoms with Gasteiger partial charge in [-0.1, -0.05) is 35.3 Å². The summed E-state index contributed by atoms with van der Waals surface area (Å²) >= 11 is 12.0. The van der Waals surface area contributed by atoms with Crippen LogP contribution >= 0.6 is 23.2 Å². The number of amides is 2. The minimum absolute atomic E-state index is 0.110. The van der Waals surface area contributed by atoms with E-state index in [4.69, 9.17) is 27.9 Å².